The van der Waals surface area contributed by atoms with Crippen LogP contribution in [-0.4, -0.2) is 20.9 Å². The number of fused-ring (bicyclic) bond motifs is 2. The Morgan fingerprint density at radius 1 is 0.939 bits per heavy atom. The van der Waals surface area contributed by atoms with Crippen molar-refractivity contribution in [2.45, 2.75) is 6.18 Å². The van der Waals surface area contributed by atoms with Gasteiger partial charge in [0, 0.05) is 17.4 Å². The number of halogens is 3. The van der Waals surface area contributed by atoms with Crippen LogP contribution in [-0.2, 0) is 6.18 Å². The van der Waals surface area contributed by atoms with E-state index in [1.165, 1.54) is 18.5 Å². The lowest BCUT2D eigenvalue weighted by Crippen LogP contribution is -2.13. The van der Waals surface area contributed by atoms with Gasteiger partial charge >= 0.3 is 6.18 Å². The van der Waals surface area contributed by atoms with Gasteiger partial charge < -0.3 is 15.0 Å². The van der Waals surface area contributed by atoms with E-state index in [-0.39, 0.29) is 5.69 Å². The number of nitrogens with one attached hydrogen (secondary N) is 2. The molecule has 0 saturated heterocycles. The Balaban J connectivity index is 1.40. The molecule has 0 unspecified atom stereocenters. The summed E-state index contributed by atoms with van der Waals surface area (Å²) < 4.78 is 44.2. The van der Waals surface area contributed by atoms with Gasteiger partial charge in [-0.3, -0.25) is 4.79 Å². The van der Waals surface area contributed by atoms with Crippen molar-refractivity contribution < 1.29 is 22.7 Å². The third-order valence-corrected chi connectivity index (χ3v) is 5.10. The molecule has 5 rings (SSSR count). The van der Waals surface area contributed by atoms with Crippen molar-refractivity contribution in [3.05, 3.63) is 90.4 Å². The van der Waals surface area contributed by atoms with Gasteiger partial charge in [0.05, 0.1) is 10.9 Å². The minimum absolute atomic E-state index is 0.268. The molecule has 0 atom stereocenters. The van der Waals surface area contributed by atoms with Gasteiger partial charge in [0.15, 0.2) is 0 Å². The predicted octanol–water partition coefficient (Wildman–Crippen LogP) is 6.17. The molecule has 164 valence electrons. The molecular formula is C24H15F3N4O2. The summed E-state index contributed by atoms with van der Waals surface area (Å²) in [4.78, 5) is 24.1. The zero-order chi connectivity index (χ0) is 23.0. The van der Waals surface area contributed by atoms with Crippen molar-refractivity contribution in [3.8, 4) is 11.6 Å². The number of anilines is 1. The Hall–Kier alpha value is -4.40. The van der Waals surface area contributed by atoms with Crippen LogP contribution in [0.1, 0.15) is 15.9 Å². The summed E-state index contributed by atoms with van der Waals surface area (Å²) in [6.07, 6.45) is -1.29. The minimum Gasteiger partial charge on any atom is -0.438 e. The highest BCUT2D eigenvalue weighted by Gasteiger charge is 2.30. The first kappa shape index (κ1) is 20.5. The van der Waals surface area contributed by atoms with Gasteiger partial charge in [0.2, 0.25) is 5.88 Å². The maximum absolute atomic E-state index is 12.8. The fraction of sp³-hybridized carbons (Fsp3) is 0.0417. The Morgan fingerprint density at radius 2 is 1.76 bits per heavy atom. The average molecular weight is 448 g/mol. The summed E-state index contributed by atoms with van der Waals surface area (Å²) in [6.45, 7) is 0. The molecule has 0 aliphatic carbocycles. The molecule has 0 fully saturated rings. The summed E-state index contributed by atoms with van der Waals surface area (Å²) in [5.41, 5.74) is 0.528. The number of ether oxygens (including phenoxy) is 1. The van der Waals surface area contributed by atoms with E-state index < -0.39 is 17.6 Å². The van der Waals surface area contributed by atoms with Crippen LogP contribution in [0.4, 0.5) is 18.9 Å². The van der Waals surface area contributed by atoms with Crippen LogP contribution in [0.5, 0.6) is 11.6 Å². The van der Waals surface area contributed by atoms with Gasteiger partial charge in [-0.15, -0.1) is 0 Å². The number of carbonyl (C=O) groups excluding carboxylic acids is 1. The number of hydrogen-bond donors (Lipinski definition) is 2. The first-order chi connectivity index (χ1) is 15.9. The molecule has 2 aromatic heterocycles. The molecule has 9 heteroatoms. The number of benzene rings is 3. The number of rotatable bonds is 4. The molecule has 0 radical (unpaired) electrons. The maximum Gasteiger partial charge on any atom is 0.416 e. The second-order valence-electron chi connectivity index (χ2n) is 7.24. The van der Waals surface area contributed by atoms with Crippen LogP contribution in [0.15, 0.2) is 79.3 Å². The van der Waals surface area contributed by atoms with Gasteiger partial charge in [-0.1, -0.05) is 12.1 Å². The normalized spacial score (nSPS) is 11.6. The van der Waals surface area contributed by atoms with Crippen molar-refractivity contribution in [2.75, 3.05) is 5.32 Å². The van der Waals surface area contributed by atoms with Gasteiger partial charge in [-0.05, 0) is 65.4 Å². The first-order valence-electron chi connectivity index (χ1n) is 9.86. The van der Waals surface area contributed by atoms with E-state index in [2.05, 4.69) is 20.3 Å². The van der Waals surface area contributed by atoms with E-state index in [1.54, 1.807) is 36.5 Å². The molecule has 0 saturated carbocycles. The largest absolute Gasteiger partial charge is 0.438 e. The standard InChI is InChI=1S/C24H15F3N4O2/c25-24(26,27)15-4-6-16(7-5-15)31-22(32)19-3-1-2-14-12-17(8-9-18(14)19)33-23-20-10-11-28-21(20)29-13-30-23/h1-13H,(H,31,32)(H,28,29,30). The summed E-state index contributed by atoms with van der Waals surface area (Å²) in [5, 5.41) is 4.81. The molecule has 5 aromatic rings. The Kier molecular flexibility index (Phi) is 4.93. The fourth-order valence-electron chi connectivity index (χ4n) is 3.51. The molecule has 0 aliphatic heterocycles. The Labute approximate surface area is 185 Å². The summed E-state index contributed by atoms with van der Waals surface area (Å²) in [7, 11) is 0. The van der Waals surface area contributed by atoms with Gasteiger partial charge in [0.1, 0.15) is 17.7 Å². The quantitative estimate of drug-likeness (QED) is 0.344. The van der Waals surface area contributed by atoms with Crippen molar-refractivity contribution in [2.24, 2.45) is 0 Å². The van der Waals surface area contributed by atoms with Crippen molar-refractivity contribution in [1.82, 2.24) is 15.0 Å². The van der Waals surface area contributed by atoms with E-state index in [1.807, 2.05) is 12.1 Å². The van der Waals surface area contributed by atoms with Gasteiger partial charge in [0.25, 0.3) is 5.91 Å². The minimum atomic E-state index is -4.43. The topological polar surface area (TPSA) is 79.9 Å². The lowest BCUT2D eigenvalue weighted by atomic mass is 10.0. The molecule has 2 heterocycles. The smallest absolute Gasteiger partial charge is 0.416 e. The van der Waals surface area contributed by atoms with Crippen molar-refractivity contribution >= 4 is 33.4 Å². The molecular weight excluding hydrogens is 433 g/mol. The molecule has 0 bridgehead atoms. The molecule has 1 amide bonds. The molecule has 33 heavy (non-hydrogen) atoms. The Bertz CT molecular complexity index is 1480. The zero-order valence-electron chi connectivity index (χ0n) is 16.9. The van der Waals surface area contributed by atoms with Crippen LogP contribution in [0.25, 0.3) is 21.8 Å². The van der Waals surface area contributed by atoms with Gasteiger partial charge in [-0.25, -0.2) is 9.97 Å². The van der Waals surface area contributed by atoms with E-state index in [0.717, 1.165) is 22.9 Å². The summed E-state index contributed by atoms with van der Waals surface area (Å²) >= 11 is 0. The second-order valence-corrected chi connectivity index (χ2v) is 7.24. The lowest BCUT2D eigenvalue weighted by molar-refractivity contribution is -0.137. The SMILES string of the molecule is O=C(Nc1ccc(C(F)(F)F)cc1)c1cccc2cc(Oc3ncnc4[nH]ccc34)ccc12. The highest BCUT2D eigenvalue weighted by Crippen LogP contribution is 2.31. The van der Waals surface area contributed by atoms with E-state index in [0.29, 0.717) is 28.2 Å². The molecule has 6 nitrogen and oxygen atoms in total. The summed E-state index contributed by atoms with van der Waals surface area (Å²) in [5.74, 6) is 0.500. The molecule has 0 aliphatic rings. The van der Waals surface area contributed by atoms with Crippen LogP contribution in [0, 0.1) is 0 Å². The third kappa shape index (κ3) is 4.08. The van der Waals surface area contributed by atoms with Crippen molar-refractivity contribution in [1.29, 1.82) is 0 Å². The number of aromatic nitrogens is 3. The van der Waals surface area contributed by atoms with E-state index in [4.69, 9.17) is 4.74 Å². The van der Waals surface area contributed by atoms with Crippen LogP contribution < -0.4 is 10.1 Å². The van der Waals surface area contributed by atoms with Gasteiger partial charge in [-0.2, -0.15) is 13.2 Å². The monoisotopic (exact) mass is 448 g/mol. The number of H-pyrrole nitrogens is 1. The summed E-state index contributed by atoms with van der Waals surface area (Å²) in [6, 6.07) is 16.6. The number of nitrogens with zero attached hydrogens (tertiary/aromatic N) is 2. The van der Waals surface area contributed by atoms with Crippen LogP contribution in [0.3, 0.4) is 0 Å². The second kappa shape index (κ2) is 7.94. The molecule has 3 aromatic carbocycles. The van der Waals surface area contributed by atoms with E-state index in [9.17, 15) is 18.0 Å². The highest BCUT2D eigenvalue weighted by atomic mass is 19.4. The average Bonchev–Trinajstić information content (AvgIpc) is 3.28. The fourth-order valence-corrected chi connectivity index (χ4v) is 3.51. The first-order valence-corrected chi connectivity index (χ1v) is 9.86. The van der Waals surface area contributed by atoms with Crippen LogP contribution >= 0.6 is 0 Å². The number of carbonyl (C=O) groups is 1. The number of amides is 1. The number of alkyl halides is 3. The Morgan fingerprint density at radius 3 is 2.55 bits per heavy atom. The predicted molar refractivity (Wildman–Crippen MR) is 117 cm³/mol. The van der Waals surface area contributed by atoms with Crippen molar-refractivity contribution in [3.63, 3.8) is 0 Å². The number of hydrogen-bond acceptors (Lipinski definition) is 4. The lowest BCUT2D eigenvalue weighted by Gasteiger charge is -2.11. The maximum atomic E-state index is 12.8. The highest BCUT2D eigenvalue weighted by molar-refractivity contribution is 6.13. The zero-order valence-corrected chi connectivity index (χ0v) is 16.9. The van der Waals surface area contributed by atoms with Crippen LogP contribution in [0.2, 0.25) is 0 Å². The molecule has 2 N–H and O–H groups in total. The molecule has 0 spiro atoms. The van der Waals surface area contributed by atoms with E-state index >= 15 is 0 Å². The third-order valence-electron chi connectivity index (χ3n) is 5.10. The number of aromatic amines is 1.